The van der Waals surface area contributed by atoms with E-state index in [4.69, 9.17) is 9.68 Å². The van der Waals surface area contributed by atoms with E-state index in [2.05, 4.69) is 6.07 Å². The Morgan fingerprint density at radius 2 is 2.33 bits per heavy atom. The Balaban J connectivity index is 2.19. The van der Waals surface area contributed by atoms with Gasteiger partial charge in [0.05, 0.1) is 12.1 Å². The molecule has 1 fully saturated rings. The fourth-order valence-electron chi connectivity index (χ4n) is 1.99. The van der Waals surface area contributed by atoms with Crippen molar-refractivity contribution in [1.82, 2.24) is 4.90 Å². The predicted octanol–water partition coefficient (Wildman–Crippen LogP) is 1.71. The molecule has 1 aliphatic rings. The van der Waals surface area contributed by atoms with Crippen molar-refractivity contribution in [3.63, 3.8) is 0 Å². The summed E-state index contributed by atoms with van der Waals surface area (Å²) in [4.78, 5) is 23.2. The lowest BCUT2D eigenvalue weighted by molar-refractivity contribution is -0.402. The zero-order chi connectivity index (χ0) is 13.1. The van der Waals surface area contributed by atoms with Crippen LogP contribution in [0, 0.1) is 21.4 Å². The second kappa shape index (κ2) is 4.87. The summed E-state index contributed by atoms with van der Waals surface area (Å²) < 4.78 is 4.85. The van der Waals surface area contributed by atoms with Gasteiger partial charge in [-0.05, 0) is 25.3 Å². The third-order valence-corrected chi connectivity index (χ3v) is 2.90. The van der Waals surface area contributed by atoms with Crippen LogP contribution in [0.4, 0.5) is 5.88 Å². The number of rotatable bonds is 2. The van der Waals surface area contributed by atoms with Gasteiger partial charge in [-0.25, -0.2) is 0 Å². The average molecular weight is 249 g/mol. The fraction of sp³-hybridized carbons (Fsp3) is 0.455. The maximum absolute atomic E-state index is 12.1. The third-order valence-electron chi connectivity index (χ3n) is 2.90. The Morgan fingerprint density at radius 3 is 2.94 bits per heavy atom. The highest BCUT2D eigenvalue weighted by Crippen LogP contribution is 2.22. The summed E-state index contributed by atoms with van der Waals surface area (Å²) in [6, 6.07) is 3.99. The average Bonchev–Trinajstić information content (AvgIpc) is 2.87. The standard InChI is InChI=1S/C11H11N3O4/c12-7-8-3-1-2-6-13(8)11(15)9-4-5-10(18-9)14(16)17/h4-5,8H,1-3,6H2. The number of amides is 1. The van der Waals surface area contributed by atoms with Crippen LogP contribution >= 0.6 is 0 Å². The molecule has 94 valence electrons. The number of nitriles is 1. The van der Waals surface area contributed by atoms with Crippen molar-refractivity contribution < 1.29 is 14.1 Å². The van der Waals surface area contributed by atoms with E-state index in [0.29, 0.717) is 13.0 Å². The quantitative estimate of drug-likeness (QED) is 0.586. The van der Waals surface area contributed by atoms with Crippen molar-refractivity contribution >= 4 is 11.8 Å². The second-order valence-corrected chi connectivity index (χ2v) is 4.03. The molecule has 2 rings (SSSR count). The van der Waals surface area contributed by atoms with Crippen molar-refractivity contribution in [3.8, 4) is 6.07 Å². The number of piperidine rings is 1. The summed E-state index contributed by atoms with van der Waals surface area (Å²) in [7, 11) is 0. The molecular weight excluding hydrogens is 238 g/mol. The van der Waals surface area contributed by atoms with Crippen LogP contribution in [-0.2, 0) is 0 Å². The summed E-state index contributed by atoms with van der Waals surface area (Å²) in [5, 5.41) is 19.4. The summed E-state index contributed by atoms with van der Waals surface area (Å²) in [6.45, 7) is 0.478. The molecule has 1 unspecified atom stereocenters. The molecule has 18 heavy (non-hydrogen) atoms. The Kier molecular flexibility index (Phi) is 3.28. The topological polar surface area (TPSA) is 100 Å². The minimum atomic E-state index is -0.700. The largest absolute Gasteiger partial charge is 0.433 e. The van der Waals surface area contributed by atoms with Crippen LogP contribution < -0.4 is 0 Å². The first-order chi connectivity index (χ1) is 8.63. The monoisotopic (exact) mass is 249 g/mol. The summed E-state index contributed by atoms with van der Waals surface area (Å²) >= 11 is 0. The van der Waals surface area contributed by atoms with Gasteiger partial charge in [-0.1, -0.05) is 0 Å². The van der Waals surface area contributed by atoms with Crippen LogP contribution in [0.2, 0.25) is 0 Å². The molecule has 0 saturated carbocycles. The lowest BCUT2D eigenvalue weighted by atomic mass is 10.0. The first kappa shape index (κ1) is 12.1. The lowest BCUT2D eigenvalue weighted by Gasteiger charge is -2.30. The highest BCUT2D eigenvalue weighted by molar-refractivity contribution is 5.92. The highest BCUT2D eigenvalue weighted by atomic mass is 16.6. The molecule has 1 atom stereocenters. The smallest absolute Gasteiger partial charge is 0.395 e. The highest BCUT2D eigenvalue weighted by Gasteiger charge is 2.30. The van der Waals surface area contributed by atoms with Crippen molar-refractivity contribution in [3.05, 3.63) is 28.0 Å². The molecule has 2 heterocycles. The van der Waals surface area contributed by atoms with Crippen molar-refractivity contribution in [2.24, 2.45) is 0 Å². The van der Waals surface area contributed by atoms with Crippen molar-refractivity contribution in [2.45, 2.75) is 25.3 Å². The first-order valence-corrected chi connectivity index (χ1v) is 5.58. The predicted molar refractivity (Wildman–Crippen MR) is 59.7 cm³/mol. The number of nitro groups is 1. The maximum atomic E-state index is 12.1. The van der Waals surface area contributed by atoms with Crippen LogP contribution in [0.3, 0.4) is 0 Å². The number of carbonyl (C=O) groups excluding carboxylic acids is 1. The van der Waals surface area contributed by atoms with Gasteiger partial charge in [-0.2, -0.15) is 5.26 Å². The molecule has 1 aromatic heterocycles. The molecule has 1 amide bonds. The van der Waals surface area contributed by atoms with E-state index in [0.717, 1.165) is 18.9 Å². The van der Waals surface area contributed by atoms with Gasteiger partial charge in [0.2, 0.25) is 0 Å². The molecule has 0 bridgehead atoms. The minimum Gasteiger partial charge on any atom is -0.395 e. The van der Waals surface area contributed by atoms with E-state index in [1.54, 1.807) is 0 Å². The number of nitrogens with zero attached hydrogens (tertiary/aromatic N) is 3. The summed E-state index contributed by atoms with van der Waals surface area (Å²) in [5.74, 6) is -1.03. The third kappa shape index (κ3) is 2.18. The minimum absolute atomic E-state index is 0.0937. The molecule has 0 spiro atoms. The Hall–Kier alpha value is -2.36. The summed E-state index contributed by atoms with van der Waals surface area (Å²) in [5.41, 5.74) is 0. The molecule has 0 aliphatic carbocycles. The molecule has 1 saturated heterocycles. The number of likely N-dealkylation sites (tertiary alicyclic amines) is 1. The zero-order valence-electron chi connectivity index (χ0n) is 9.54. The van der Waals surface area contributed by atoms with Gasteiger partial charge in [0.25, 0.3) is 5.91 Å². The van der Waals surface area contributed by atoms with Crippen LogP contribution in [0.25, 0.3) is 0 Å². The van der Waals surface area contributed by atoms with Gasteiger partial charge in [0, 0.05) is 6.54 Å². The fourth-order valence-corrected chi connectivity index (χ4v) is 1.99. The molecule has 1 aromatic rings. The molecule has 0 N–H and O–H groups in total. The Morgan fingerprint density at radius 1 is 1.56 bits per heavy atom. The Bertz CT molecular complexity index is 517. The molecule has 0 aromatic carbocycles. The van der Waals surface area contributed by atoms with Gasteiger partial charge in [0.1, 0.15) is 11.0 Å². The van der Waals surface area contributed by atoms with Crippen molar-refractivity contribution in [2.75, 3.05) is 6.54 Å². The summed E-state index contributed by atoms with van der Waals surface area (Å²) in [6.07, 6.45) is 2.36. The van der Waals surface area contributed by atoms with Gasteiger partial charge >= 0.3 is 5.88 Å². The number of furan rings is 1. The zero-order valence-corrected chi connectivity index (χ0v) is 9.54. The van der Waals surface area contributed by atoms with Crippen LogP contribution in [0.5, 0.6) is 0 Å². The van der Waals surface area contributed by atoms with E-state index >= 15 is 0 Å². The van der Waals surface area contributed by atoms with Gasteiger partial charge in [0.15, 0.2) is 5.76 Å². The van der Waals surface area contributed by atoms with E-state index in [1.807, 2.05) is 0 Å². The number of hydrogen-bond acceptors (Lipinski definition) is 5. The maximum Gasteiger partial charge on any atom is 0.433 e. The van der Waals surface area contributed by atoms with Crippen LogP contribution in [0.1, 0.15) is 29.8 Å². The first-order valence-electron chi connectivity index (χ1n) is 5.58. The molecule has 0 radical (unpaired) electrons. The van der Waals surface area contributed by atoms with E-state index in [-0.39, 0.29) is 5.76 Å². The van der Waals surface area contributed by atoms with Crippen molar-refractivity contribution in [1.29, 1.82) is 5.26 Å². The SMILES string of the molecule is N#CC1CCCCN1C(=O)c1ccc([N+](=O)[O-])o1. The van der Waals surface area contributed by atoms with E-state index in [9.17, 15) is 14.9 Å². The molecule has 1 aliphatic heterocycles. The van der Waals surface area contributed by atoms with E-state index in [1.165, 1.54) is 11.0 Å². The molecular formula is C11H11N3O4. The molecule has 7 nitrogen and oxygen atoms in total. The number of carbonyl (C=O) groups is 1. The Labute approximate surface area is 103 Å². The number of hydrogen-bond donors (Lipinski definition) is 0. The van der Waals surface area contributed by atoms with E-state index < -0.39 is 22.8 Å². The van der Waals surface area contributed by atoms with Gasteiger partial charge in [-0.15, -0.1) is 0 Å². The lowest BCUT2D eigenvalue weighted by Crippen LogP contribution is -2.42. The normalized spacial score (nSPS) is 19.3. The van der Waals surface area contributed by atoms with Gasteiger partial charge in [-0.3, -0.25) is 14.9 Å². The van der Waals surface area contributed by atoms with Crippen LogP contribution in [0.15, 0.2) is 16.5 Å². The van der Waals surface area contributed by atoms with Gasteiger partial charge < -0.3 is 9.32 Å². The van der Waals surface area contributed by atoms with Crippen LogP contribution in [-0.4, -0.2) is 28.3 Å². The second-order valence-electron chi connectivity index (χ2n) is 4.03. The molecule has 7 heteroatoms.